The zero-order valence-electron chi connectivity index (χ0n) is 50.1. The molecule has 16 N–H and O–H groups in total. The van der Waals surface area contributed by atoms with Crippen molar-refractivity contribution in [2.75, 3.05) is 39.6 Å². The molecule has 5 saturated heterocycles. The highest BCUT2D eigenvalue weighted by Gasteiger charge is 2.57. The van der Waals surface area contributed by atoms with Gasteiger partial charge >= 0.3 is 0 Å². The van der Waals surface area contributed by atoms with E-state index < -0.39 is 216 Å². The molecule has 0 aliphatic carbocycles. The minimum absolute atomic E-state index is 0.0635. The summed E-state index contributed by atoms with van der Waals surface area (Å²) >= 11 is 0. The number of rotatable bonds is 29. The van der Waals surface area contributed by atoms with Crippen molar-refractivity contribution in [3.63, 3.8) is 0 Å². The van der Waals surface area contributed by atoms with Crippen LogP contribution in [0, 0.1) is 0 Å². The maximum atomic E-state index is 13.9. The van der Waals surface area contributed by atoms with E-state index in [4.69, 9.17) is 47.4 Å². The van der Waals surface area contributed by atoms with E-state index in [-0.39, 0.29) is 5.56 Å². The van der Waals surface area contributed by atoms with Crippen molar-refractivity contribution in [3.8, 4) is 5.75 Å². The van der Waals surface area contributed by atoms with Crippen LogP contribution in [0.2, 0.25) is 0 Å². The van der Waals surface area contributed by atoms with Gasteiger partial charge in [-0.25, -0.2) is 0 Å². The number of unbranched alkanes of at least 4 members (excludes halogenated alkanes) is 5. The van der Waals surface area contributed by atoms with Gasteiger partial charge in [-0.3, -0.25) is 24.0 Å². The van der Waals surface area contributed by atoms with Gasteiger partial charge in [0.25, 0.3) is 5.91 Å². The maximum Gasteiger partial charge on any atom is 0.251 e. The van der Waals surface area contributed by atoms with E-state index in [0.717, 1.165) is 40.0 Å². The molecule has 0 radical (unpaired) electrons. The van der Waals surface area contributed by atoms with Gasteiger partial charge in [-0.15, -0.1) is 0 Å². The lowest BCUT2D eigenvalue weighted by Gasteiger charge is -2.51. The summed E-state index contributed by atoms with van der Waals surface area (Å²) in [7, 11) is 0. The Hall–Kier alpha value is -4.69. The van der Waals surface area contributed by atoms with Gasteiger partial charge in [0.2, 0.25) is 23.6 Å². The van der Waals surface area contributed by atoms with Gasteiger partial charge in [0.1, 0.15) is 121 Å². The summed E-state index contributed by atoms with van der Waals surface area (Å²) in [6, 6.07) is -1.61. The second kappa shape index (κ2) is 34.7. The van der Waals surface area contributed by atoms with Crippen LogP contribution in [0.25, 0.3) is 0 Å². The van der Waals surface area contributed by atoms with Gasteiger partial charge < -0.3 is 130 Å². The van der Waals surface area contributed by atoms with E-state index in [1.165, 1.54) is 45.2 Å². The summed E-state index contributed by atoms with van der Waals surface area (Å²) in [5, 5.41) is 135. The van der Waals surface area contributed by atoms with Crippen molar-refractivity contribution in [2.45, 2.75) is 240 Å². The van der Waals surface area contributed by atoms with Gasteiger partial charge in [0, 0.05) is 33.3 Å². The van der Waals surface area contributed by atoms with Crippen LogP contribution in [0.3, 0.4) is 0 Å². The minimum Gasteiger partial charge on any atom is -0.494 e. The van der Waals surface area contributed by atoms with Crippen LogP contribution < -0.4 is 31.3 Å². The summed E-state index contributed by atoms with van der Waals surface area (Å²) in [6.45, 7) is 3.96. The largest absolute Gasteiger partial charge is 0.494 e. The first kappa shape index (κ1) is 72.4. The lowest BCUT2D eigenvalue weighted by atomic mass is 9.92. The van der Waals surface area contributed by atoms with Gasteiger partial charge in [0.15, 0.2) is 25.2 Å². The summed E-state index contributed by atoms with van der Waals surface area (Å²) in [5.74, 6) is -3.30. The molecular weight excluding hydrogens is 1170 g/mol. The standard InChI is InChI=1S/C57H91N5O26/c1-7-8-9-10-11-12-13-14-15-19-79-32-18-16-17-31(20-32)53(78)62-39-44(73)43(72)33(21-63)81-54(39)86-50-35(23-65)83-56(41(46(50)75)60-29(5)70)88-52-37(25-67)84-57(42(48(52)77)61-30(6)71)87-51-36(24-66)82-55(40(47(51)76)59-28(4)69)85-49-34(22-64)80-26(2)38(45(49)74)58-27(3)68/h12-13,16-18,20,26,33-52,54-57,63-67,72-77H,7-11,14-15,19,21-25H2,1-6H3,(H,58,68)(H,59,69)(H,60,70)(H,61,71)(H,62,78)/b13-12-/t26?,33?,34?,35-,36-,37?,38+,39?,40?,41?,42-,43+,44+,45+,46?,47?,48+,49?,50+,51+,52?,54-,55?,56?,57-/m0/s1. The van der Waals surface area contributed by atoms with Crippen molar-refractivity contribution in [1.29, 1.82) is 0 Å². The molecule has 5 heterocycles. The molecule has 31 nitrogen and oxygen atoms in total. The number of ether oxygens (including phenoxy) is 10. The fraction of sp³-hybridized carbons (Fsp3) is 0.772. The van der Waals surface area contributed by atoms with Crippen molar-refractivity contribution in [1.82, 2.24) is 26.6 Å². The predicted octanol–water partition coefficient (Wildman–Crippen LogP) is -5.16. The zero-order valence-corrected chi connectivity index (χ0v) is 50.1. The topological polar surface area (TPSA) is 460 Å². The van der Waals surface area contributed by atoms with Crippen molar-refractivity contribution in [2.24, 2.45) is 0 Å². The summed E-state index contributed by atoms with van der Waals surface area (Å²) in [6.07, 6.45) is -22.4. The molecule has 13 unspecified atom stereocenters. The van der Waals surface area contributed by atoms with Gasteiger partial charge in [-0.1, -0.05) is 44.4 Å². The fourth-order valence-electron chi connectivity index (χ4n) is 11.4. The molecule has 500 valence electrons. The average Bonchev–Trinajstić information content (AvgIpc) is 1.44. The number of benzene rings is 1. The first-order valence-corrected chi connectivity index (χ1v) is 29.8. The molecule has 0 bridgehead atoms. The van der Waals surface area contributed by atoms with Crippen LogP contribution in [0.5, 0.6) is 5.75 Å². The van der Waals surface area contributed by atoms with Crippen LogP contribution in [-0.2, 0) is 61.8 Å². The third kappa shape index (κ3) is 18.7. The molecule has 5 fully saturated rings. The minimum atomic E-state index is -2.01. The molecule has 0 aromatic heterocycles. The molecule has 5 aliphatic rings. The van der Waals surface area contributed by atoms with E-state index in [1.807, 2.05) is 0 Å². The molecule has 88 heavy (non-hydrogen) atoms. The highest BCUT2D eigenvalue weighted by atomic mass is 16.8. The Kier molecular flexibility index (Phi) is 28.5. The molecule has 31 heteroatoms. The first-order valence-electron chi connectivity index (χ1n) is 29.8. The number of amides is 5. The van der Waals surface area contributed by atoms with E-state index in [9.17, 15) is 80.1 Å². The van der Waals surface area contributed by atoms with Crippen LogP contribution in [0.1, 0.15) is 96.8 Å². The maximum absolute atomic E-state index is 13.9. The smallest absolute Gasteiger partial charge is 0.251 e. The quantitative estimate of drug-likeness (QED) is 0.0263. The van der Waals surface area contributed by atoms with Crippen molar-refractivity contribution < 1.29 is 128 Å². The summed E-state index contributed by atoms with van der Waals surface area (Å²) in [4.78, 5) is 64.3. The molecule has 1 aromatic rings. The Bertz CT molecular complexity index is 2400. The Labute approximate surface area is 509 Å². The average molecular weight is 1260 g/mol. The number of aliphatic hydroxyl groups is 11. The predicted molar refractivity (Wildman–Crippen MR) is 301 cm³/mol. The second-order valence-corrected chi connectivity index (χ2v) is 22.6. The number of hydrogen-bond donors (Lipinski definition) is 16. The van der Waals surface area contributed by atoms with Crippen molar-refractivity contribution >= 4 is 29.5 Å². The van der Waals surface area contributed by atoms with E-state index in [2.05, 4.69) is 45.7 Å². The Balaban J connectivity index is 1.18. The Morgan fingerprint density at radius 2 is 0.841 bits per heavy atom. The summed E-state index contributed by atoms with van der Waals surface area (Å²) in [5.41, 5.74) is 0.0635. The van der Waals surface area contributed by atoms with Crippen molar-refractivity contribution in [3.05, 3.63) is 42.0 Å². The number of aliphatic hydroxyl groups excluding tert-OH is 11. The number of allylic oxidation sites excluding steroid dienone is 2. The second-order valence-electron chi connectivity index (χ2n) is 22.6. The third-order valence-electron chi connectivity index (χ3n) is 15.8. The van der Waals surface area contributed by atoms with E-state index in [1.54, 1.807) is 12.1 Å². The van der Waals surface area contributed by atoms with Crippen LogP contribution >= 0.6 is 0 Å². The third-order valence-corrected chi connectivity index (χ3v) is 15.8. The molecule has 1 aromatic carbocycles. The highest BCUT2D eigenvalue weighted by Crippen LogP contribution is 2.36. The SMILES string of the molecule is CCCCCC/C=C\CCCOc1cccc(C(=O)NC2[C@H](O[C@H]3C(O)C(NC(C)=O)C(OC4C(CO)O[C@@H](O[C@H]5C(O)C(NC(C)=O)C(OC6C(CO)OC(C)[C@@H](NC(C)=O)[C@H]6O)O[C@H]5CO)[C@@H](NC(C)=O)[C@H]4O)O[C@H]3CO)OC(CO)[C@@H](O)[C@@H]2O)c1. The van der Waals surface area contributed by atoms with E-state index >= 15 is 0 Å². The number of carbonyl (C=O) groups is 5. The molecule has 0 spiro atoms. The summed E-state index contributed by atoms with van der Waals surface area (Å²) < 4.78 is 60.6. The molecule has 25 atom stereocenters. The number of nitrogens with one attached hydrogen (secondary N) is 5. The van der Waals surface area contributed by atoms with Crippen LogP contribution in [0.4, 0.5) is 0 Å². The lowest BCUT2D eigenvalue weighted by Crippen LogP contribution is -2.72. The molecule has 5 amide bonds. The van der Waals surface area contributed by atoms with Crippen LogP contribution in [-0.4, -0.2) is 278 Å². The highest BCUT2D eigenvalue weighted by molar-refractivity contribution is 5.94. The Morgan fingerprint density at radius 3 is 1.25 bits per heavy atom. The van der Waals surface area contributed by atoms with E-state index in [0.29, 0.717) is 18.8 Å². The molecular formula is C57H91N5O26. The normalized spacial score (nSPS) is 37.8. The van der Waals surface area contributed by atoms with Gasteiger partial charge in [-0.2, -0.15) is 0 Å². The molecule has 5 aliphatic heterocycles. The fourth-order valence-corrected chi connectivity index (χ4v) is 11.4. The van der Waals surface area contributed by atoms with Gasteiger partial charge in [0.05, 0.1) is 51.8 Å². The van der Waals surface area contributed by atoms with Crippen LogP contribution in [0.15, 0.2) is 36.4 Å². The number of hydrogen-bond acceptors (Lipinski definition) is 26. The monoisotopic (exact) mass is 1260 g/mol. The number of carbonyl (C=O) groups excluding carboxylic acids is 5. The zero-order chi connectivity index (χ0) is 64.5. The lowest BCUT2D eigenvalue weighted by molar-refractivity contribution is -0.366. The molecule has 6 rings (SSSR count). The molecule has 0 saturated carbocycles. The first-order chi connectivity index (χ1) is 42.0. The van der Waals surface area contributed by atoms with Gasteiger partial charge in [-0.05, 0) is 50.8 Å². The Morgan fingerprint density at radius 1 is 0.466 bits per heavy atom.